The van der Waals surface area contributed by atoms with Crippen LogP contribution in [0.1, 0.15) is 16.4 Å². The number of carbonyl (C=O) groups excluding carboxylic acids is 2. The van der Waals surface area contributed by atoms with Crippen molar-refractivity contribution in [3.8, 4) is 17.1 Å². The van der Waals surface area contributed by atoms with Gasteiger partial charge in [0.05, 0.1) is 18.5 Å². The fourth-order valence-corrected chi connectivity index (χ4v) is 2.51. The van der Waals surface area contributed by atoms with Gasteiger partial charge in [-0.25, -0.2) is 0 Å². The van der Waals surface area contributed by atoms with Crippen LogP contribution in [-0.2, 0) is 11.3 Å². The topological polar surface area (TPSA) is 111 Å². The first-order valence-corrected chi connectivity index (χ1v) is 7.80. The van der Waals surface area contributed by atoms with Gasteiger partial charge in [0.2, 0.25) is 5.82 Å². The van der Waals surface area contributed by atoms with Crippen LogP contribution < -0.4 is 15.0 Å². The number of furan rings is 1. The number of fused-ring (bicyclic) bond motifs is 1. The predicted octanol–water partition coefficient (Wildman–Crippen LogP) is 1.61. The number of likely N-dealkylation sites (N-methyl/N-ethyl adjacent to an activating group) is 1. The molecule has 0 bridgehead atoms. The molecule has 0 aliphatic carbocycles. The van der Waals surface area contributed by atoms with Crippen molar-refractivity contribution < 1.29 is 23.3 Å². The minimum atomic E-state index is -0.500. The number of aromatic nitrogens is 2. The van der Waals surface area contributed by atoms with Crippen molar-refractivity contribution in [2.45, 2.75) is 6.54 Å². The van der Waals surface area contributed by atoms with Crippen molar-refractivity contribution in [3.05, 3.63) is 48.2 Å². The Morgan fingerprint density at radius 3 is 3.04 bits per heavy atom. The second-order valence-corrected chi connectivity index (χ2v) is 5.61. The van der Waals surface area contributed by atoms with Crippen molar-refractivity contribution in [2.75, 3.05) is 18.6 Å². The number of amides is 2. The molecule has 132 valence electrons. The van der Waals surface area contributed by atoms with Crippen molar-refractivity contribution in [1.29, 1.82) is 0 Å². The van der Waals surface area contributed by atoms with Crippen LogP contribution in [0.5, 0.6) is 5.75 Å². The molecule has 0 saturated carbocycles. The van der Waals surface area contributed by atoms with E-state index in [9.17, 15) is 9.59 Å². The summed E-state index contributed by atoms with van der Waals surface area (Å²) >= 11 is 0. The number of nitrogens with one attached hydrogen (secondary N) is 1. The molecule has 0 saturated heterocycles. The summed E-state index contributed by atoms with van der Waals surface area (Å²) in [5, 5.41) is 6.46. The van der Waals surface area contributed by atoms with Crippen LogP contribution in [0, 0.1) is 0 Å². The van der Waals surface area contributed by atoms with Crippen LogP contribution in [0.2, 0.25) is 0 Å². The van der Waals surface area contributed by atoms with Crippen molar-refractivity contribution in [1.82, 2.24) is 15.5 Å². The number of hydrogen-bond acceptors (Lipinski definition) is 7. The highest BCUT2D eigenvalue weighted by Crippen LogP contribution is 2.34. The molecule has 3 aromatic rings. The molecule has 9 nitrogen and oxygen atoms in total. The quantitative estimate of drug-likeness (QED) is 0.758. The highest BCUT2D eigenvalue weighted by molar-refractivity contribution is 5.97. The molecule has 0 radical (unpaired) electrons. The molecule has 3 heterocycles. The number of carbonyl (C=O) groups is 2. The predicted molar refractivity (Wildman–Crippen MR) is 88.5 cm³/mol. The molecule has 1 aliphatic heterocycles. The Labute approximate surface area is 147 Å². The van der Waals surface area contributed by atoms with E-state index in [1.165, 1.54) is 11.2 Å². The van der Waals surface area contributed by atoms with Gasteiger partial charge >= 0.3 is 11.8 Å². The van der Waals surface area contributed by atoms with Gasteiger partial charge in [-0.05, 0) is 30.3 Å². The maximum absolute atomic E-state index is 12.1. The van der Waals surface area contributed by atoms with Gasteiger partial charge in [-0.1, -0.05) is 5.16 Å². The minimum absolute atomic E-state index is 0.0281. The second-order valence-electron chi connectivity index (χ2n) is 5.61. The van der Waals surface area contributed by atoms with E-state index < -0.39 is 5.91 Å². The van der Waals surface area contributed by atoms with E-state index in [0.717, 1.165) is 0 Å². The number of hydrogen-bond donors (Lipinski definition) is 1. The van der Waals surface area contributed by atoms with Gasteiger partial charge < -0.3 is 23.9 Å². The smallest absolute Gasteiger partial charge is 0.316 e. The average molecular weight is 354 g/mol. The van der Waals surface area contributed by atoms with E-state index in [1.807, 2.05) is 0 Å². The Kier molecular flexibility index (Phi) is 3.88. The van der Waals surface area contributed by atoms with E-state index >= 15 is 0 Å². The van der Waals surface area contributed by atoms with Crippen LogP contribution in [0.25, 0.3) is 11.4 Å². The molecule has 0 fully saturated rings. The normalized spacial score (nSPS) is 13.3. The number of benzene rings is 1. The van der Waals surface area contributed by atoms with E-state index in [-0.39, 0.29) is 30.8 Å². The van der Waals surface area contributed by atoms with Gasteiger partial charge in [0, 0.05) is 12.6 Å². The zero-order valence-electron chi connectivity index (χ0n) is 13.8. The maximum Gasteiger partial charge on any atom is 0.316 e. The Balaban J connectivity index is 1.51. The second kappa shape index (κ2) is 6.36. The van der Waals surface area contributed by atoms with E-state index in [0.29, 0.717) is 22.8 Å². The zero-order chi connectivity index (χ0) is 18.1. The van der Waals surface area contributed by atoms with Gasteiger partial charge in [0.1, 0.15) is 11.5 Å². The lowest BCUT2D eigenvalue weighted by atomic mass is 10.1. The molecule has 26 heavy (non-hydrogen) atoms. The Morgan fingerprint density at radius 2 is 2.23 bits per heavy atom. The minimum Gasteiger partial charge on any atom is -0.482 e. The molecule has 9 heteroatoms. The molecule has 2 aromatic heterocycles. The van der Waals surface area contributed by atoms with Crippen molar-refractivity contribution in [3.63, 3.8) is 0 Å². The first-order chi connectivity index (χ1) is 12.6. The summed E-state index contributed by atoms with van der Waals surface area (Å²) in [5.41, 5.74) is 1.27. The molecular weight excluding hydrogens is 340 g/mol. The molecule has 4 rings (SSSR count). The third kappa shape index (κ3) is 2.90. The molecule has 1 aliphatic rings. The molecular formula is C17H14N4O5. The van der Waals surface area contributed by atoms with Gasteiger partial charge in [-0.3, -0.25) is 9.59 Å². The van der Waals surface area contributed by atoms with Crippen LogP contribution in [0.15, 0.2) is 45.5 Å². The summed E-state index contributed by atoms with van der Waals surface area (Å²) in [6.45, 7) is 0.191. The van der Waals surface area contributed by atoms with Crippen LogP contribution in [0.3, 0.4) is 0 Å². The lowest BCUT2D eigenvalue weighted by molar-refractivity contribution is -0.120. The van der Waals surface area contributed by atoms with Crippen molar-refractivity contribution in [2.24, 2.45) is 0 Å². The molecule has 1 N–H and O–H groups in total. The largest absolute Gasteiger partial charge is 0.482 e. The molecule has 0 spiro atoms. The summed E-state index contributed by atoms with van der Waals surface area (Å²) in [7, 11) is 1.68. The SMILES string of the molecule is CN1C(=O)COc2cc(-c3noc(C(=O)NCc4ccco4)n3)ccc21. The Morgan fingerprint density at radius 1 is 1.35 bits per heavy atom. The molecule has 1 aromatic carbocycles. The highest BCUT2D eigenvalue weighted by atomic mass is 16.5. The lowest BCUT2D eigenvalue weighted by Gasteiger charge is -2.25. The van der Waals surface area contributed by atoms with Gasteiger partial charge in [-0.2, -0.15) is 4.98 Å². The fourth-order valence-electron chi connectivity index (χ4n) is 2.51. The number of rotatable bonds is 4. The summed E-state index contributed by atoms with van der Waals surface area (Å²) in [6, 6.07) is 8.64. The fraction of sp³-hybridized carbons (Fsp3) is 0.176. The van der Waals surface area contributed by atoms with Gasteiger partial charge in [0.25, 0.3) is 5.91 Å². The zero-order valence-corrected chi connectivity index (χ0v) is 13.8. The van der Waals surface area contributed by atoms with Crippen molar-refractivity contribution >= 4 is 17.5 Å². The lowest BCUT2D eigenvalue weighted by Crippen LogP contribution is -2.35. The monoisotopic (exact) mass is 354 g/mol. The number of anilines is 1. The summed E-state index contributed by atoms with van der Waals surface area (Å²) < 4.78 is 15.6. The third-order valence-corrected chi connectivity index (χ3v) is 3.93. The van der Waals surface area contributed by atoms with Crippen LogP contribution >= 0.6 is 0 Å². The number of ether oxygens (including phenoxy) is 1. The maximum atomic E-state index is 12.1. The van der Waals surface area contributed by atoms with E-state index in [1.54, 1.807) is 37.4 Å². The molecule has 2 amide bonds. The Bertz CT molecular complexity index is 963. The summed E-state index contributed by atoms with van der Waals surface area (Å²) in [4.78, 5) is 29.4. The van der Waals surface area contributed by atoms with Crippen LogP contribution in [-0.4, -0.2) is 35.6 Å². The number of nitrogens with zero attached hydrogens (tertiary/aromatic N) is 3. The molecule has 0 atom stereocenters. The first-order valence-electron chi connectivity index (χ1n) is 7.80. The first kappa shape index (κ1) is 15.9. The highest BCUT2D eigenvalue weighted by Gasteiger charge is 2.23. The Hall–Kier alpha value is -3.62. The average Bonchev–Trinajstić information content (AvgIpc) is 3.34. The summed E-state index contributed by atoms with van der Waals surface area (Å²) in [6.07, 6.45) is 1.52. The third-order valence-electron chi connectivity index (χ3n) is 3.93. The van der Waals surface area contributed by atoms with Gasteiger partial charge in [0.15, 0.2) is 6.61 Å². The van der Waals surface area contributed by atoms with Gasteiger partial charge in [-0.15, -0.1) is 0 Å². The van der Waals surface area contributed by atoms with Crippen LogP contribution in [0.4, 0.5) is 5.69 Å². The molecule has 0 unspecified atom stereocenters. The standard InChI is InChI=1S/C17H14N4O5/c1-21-12-5-4-10(7-13(12)25-9-14(21)22)15-19-17(26-20-15)16(23)18-8-11-3-2-6-24-11/h2-7H,8-9H2,1H3,(H,18,23). The summed E-state index contributed by atoms with van der Waals surface area (Å²) in [5.74, 6) is 0.624. The van der Waals surface area contributed by atoms with E-state index in [2.05, 4.69) is 15.5 Å². The van der Waals surface area contributed by atoms with E-state index in [4.69, 9.17) is 13.7 Å².